The van der Waals surface area contributed by atoms with Crippen LogP contribution in [0.2, 0.25) is 0 Å². The fourth-order valence-corrected chi connectivity index (χ4v) is 0.919. The van der Waals surface area contributed by atoms with Crippen LogP contribution in [0.5, 0.6) is 0 Å². The molecule has 0 fully saturated rings. The molecule has 5 nitrogen and oxygen atoms in total. The zero-order valence-electron chi connectivity index (χ0n) is 6.93. The molecule has 1 rings (SSSR count). The van der Waals surface area contributed by atoms with E-state index in [-0.39, 0.29) is 11.5 Å². The summed E-state index contributed by atoms with van der Waals surface area (Å²) in [7, 11) is 0. The van der Waals surface area contributed by atoms with Gasteiger partial charge in [-0.15, -0.1) is 0 Å². The largest absolute Gasteiger partial charge is 0.273 e. The van der Waals surface area contributed by atoms with Crippen LogP contribution in [-0.2, 0) is 13.0 Å². The summed E-state index contributed by atoms with van der Waals surface area (Å²) < 4.78 is 1.76. The average molecular weight is 169 g/mol. The number of nitro groups is 1. The van der Waals surface area contributed by atoms with Crippen LogP contribution in [0.25, 0.3) is 0 Å². The molecule has 1 aromatic heterocycles. The second-order valence-corrected chi connectivity index (χ2v) is 2.47. The van der Waals surface area contributed by atoms with Gasteiger partial charge < -0.3 is 0 Å². The third kappa shape index (κ3) is 2.34. The maximum Gasteiger partial charge on any atom is 0.209 e. The Balaban J connectivity index is 2.47. The normalized spacial score (nSPS) is 10.1. The van der Waals surface area contributed by atoms with E-state index in [9.17, 15) is 10.1 Å². The molecule has 0 amide bonds. The van der Waals surface area contributed by atoms with Crippen LogP contribution in [0.15, 0.2) is 12.3 Å². The number of aromatic nitrogens is 2. The van der Waals surface area contributed by atoms with Crippen molar-refractivity contribution < 1.29 is 4.92 Å². The van der Waals surface area contributed by atoms with Crippen LogP contribution in [0, 0.1) is 10.1 Å². The minimum Gasteiger partial charge on any atom is -0.273 e. The zero-order chi connectivity index (χ0) is 8.97. The van der Waals surface area contributed by atoms with Crippen LogP contribution >= 0.6 is 0 Å². The Morgan fingerprint density at radius 1 is 1.75 bits per heavy atom. The Bertz CT molecular complexity index is 269. The molecule has 0 aromatic carbocycles. The Morgan fingerprint density at radius 2 is 2.50 bits per heavy atom. The highest BCUT2D eigenvalue weighted by atomic mass is 16.6. The second kappa shape index (κ2) is 3.85. The summed E-state index contributed by atoms with van der Waals surface area (Å²) in [4.78, 5) is 9.69. The van der Waals surface area contributed by atoms with Crippen molar-refractivity contribution in [3.63, 3.8) is 0 Å². The van der Waals surface area contributed by atoms with E-state index in [0.29, 0.717) is 6.42 Å². The molecule has 0 saturated carbocycles. The molecular weight excluding hydrogens is 158 g/mol. The summed E-state index contributed by atoms with van der Waals surface area (Å²) in [5, 5.41) is 14.1. The van der Waals surface area contributed by atoms with E-state index in [4.69, 9.17) is 0 Å². The first-order chi connectivity index (χ1) is 5.72. The molecule has 0 unspecified atom stereocenters. The minimum atomic E-state index is -0.328. The Morgan fingerprint density at radius 3 is 3.00 bits per heavy atom. The number of aryl methyl sites for hydroxylation is 1. The van der Waals surface area contributed by atoms with E-state index >= 15 is 0 Å². The molecule has 1 heterocycles. The monoisotopic (exact) mass is 169 g/mol. The highest BCUT2D eigenvalue weighted by Gasteiger charge is 2.02. The van der Waals surface area contributed by atoms with Crippen molar-refractivity contribution in [2.75, 3.05) is 6.54 Å². The minimum absolute atomic E-state index is 0.0409. The zero-order valence-corrected chi connectivity index (χ0v) is 6.93. The van der Waals surface area contributed by atoms with Crippen molar-refractivity contribution in [3.8, 4) is 0 Å². The molecule has 0 N–H and O–H groups in total. The lowest BCUT2D eigenvalue weighted by atomic mass is 10.3. The number of rotatable bonds is 4. The highest BCUT2D eigenvalue weighted by molar-refractivity contribution is 4.98. The van der Waals surface area contributed by atoms with Gasteiger partial charge in [-0.05, 0) is 13.0 Å². The average Bonchev–Trinajstić information content (AvgIpc) is 2.48. The van der Waals surface area contributed by atoms with E-state index in [2.05, 4.69) is 5.10 Å². The summed E-state index contributed by atoms with van der Waals surface area (Å²) in [5.74, 6) is 0. The summed E-state index contributed by atoms with van der Waals surface area (Å²) in [6, 6.07) is 1.81. The molecule has 0 aliphatic carbocycles. The molecule has 0 saturated heterocycles. The van der Waals surface area contributed by atoms with E-state index in [1.165, 1.54) is 0 Å². The van der Waals surface area contributed by atoms with Gasteiger partial charge in [-0.1, -0.05) is 0 Å². The maximum atomic E-state index is 10.0. The summed E-state index contributed by atoms with van der Waals surface area (Å²) in [5.41, 5.74) is 0.786. The molecule has 1 aromatic rings. The second-order valence-electron chi connectivity index (χ2n) is 2.47. The van der Waals surface area contributed by atoms with Crippen molar-refractivity contribution in [1.29, 1.82) is 0 Å². The Hall–Kier alpha value is -1.39. The van der Waals surface area contributed by atoms with Gasteiger partial charge in [-0.25, -0.2) is 0 Å². The lowest BCUT2D eigenvalue weighted by molar-refractivity contribution is -0.479. The third-order valence-electron chi connectivity index (χ3n) is 1.57. The predicted molar refractivity (Wildman–Crippen MR) is 43.5 cm³/mol. The van der Waals surface area contributed by atoms with Crippen molar-refractivity contribution in [1.82, 2.24) is 9.78 Å². The molecule has 66 valence electrons. The first kappa shape index (κ1) is 8.70. The van der Waals surface area contributed by atoms with Crippen molar-refractivity contribution in [3.05, 3.63) is 28.1 Å². The molecule has 0 aliphatic heterocycles. The van der Waals surface area contributed by atoms with Crippen LogP contribution in [0.1, 0.15) is 12.6 Å². The van der Waals surface area contributed by atoms with Gasteiger partial charge in [0.15, 0.2) is 0 Å². The molecule has 12 heavy (non-hydrogen) atoms. The summed E-state index contributed by atoms with van der Waals surface area (Å²) in [6.45, 7) is 2.74. The molecule has 0 atom stereocenters. The van der Waals surface area contributed by atoms with Crippen molar-refractivity contribution in [2.45, 2.75) is 19.9 Å². The van der Waals surface area contributed by atoms with E-state index in [1.54, 1.807) is 4.68 Å². The third-order valence-corrected chi connectivity index (χ3v) is 1.57. The van der Waals surface area contributed by atoms with E-state index in [1.807, 2.05) is 19.2 Å². The number of hydrogen-bond donors (Lipinski definition) is 0. The molecule has 0 radical (unpaired) electrons. The predicted octanol–water partition coefficient (Wildman–Crippen LogP) is 0.722. The first-order valence-electron chi connectivity index (χ1n) is 3.86. The van der Waals surface area contributed by atoms with Crippen LogP contribution in [0.3, 0.4) is 0 Å². The van der Waals surface area contributed by atoms with Crippen LogP contribution in [0.4, 0.5) is 0 Å². The highest BCUT2D eigenvalue weighted by Crippen LogP contribution is 1.96. The quantitative estimate of drug-likeness (QED) is 0.493. The van der Waals surface area contributed by atoms with Crippen LogP contribution < -0.4 is 0 Å². The van der Waals surface area contributed by atoms with Gasteiger partial charge in [0, 0.05) is 17.7 Å². The van der Waals surface area contributed by atoms with Gasteiger partial charge in [0.05, 0.1) is 12.1 Å². The van der Waals surface area contributed by atoms with E-state index in [0.717, 1.165) is 12.2 Å². The summed E-state index contributed by atoms with van der Waals surface area (Å²) in [6.07, 6.45) is 2.25. The van der Waals surface area contributed by atoms with Gasteiger partial charge in [0.25, 0.3) is 0 Å². The molecule has 0 bridgehead atoms. The molecule has 0 aliphatic rings. The molecule has 0 spiro atoms. The van der Waals surface area contributed by atoms with Gasteiger partial charge in [-0.2, -0.15) is 5.10 Å². The SMILES string of the molecule is CCn1ccc(CC[N+](=O)[O-])n1. The maximum absolute atomic E-state index is 10.0. The number of nitrogens with zero attached hydrogens (tertiary/aromatic N) is 3. The smallest absolute Gasteiger partial charge is 0.209 e. The Labute approximate surface area is 70.2 Å². The Kier molecular flexibility index (Phi) is 2.79. The lowest BCUT2D eigenvalue weighted by Gasteiger charge is -1.92. The first-order valence-corrected chi connectivity index (χ1v) is 3.86. The van der Waals surface area contributed by atoms with Gasteiger partial charge >= 0.3 is 0 Å². The summed E-state index contributed by atoms with van der Waals surface area (Å²) >= 11 is 0. The van der Waals surface area contributed by atoms with E-state index < -0.39 is 0 Å². The van der Waals surface area contributed by atoms with Crippen molar-refractivity contribution in [2.24, 2.45) is 0 Å². The fraction of sp³-hybridized carbons (Fsp3) is 0.571. The fourth-order valence-electron chi connectivity index (χ4n) is 0.919. The van der Waals surface area contributed by atoms with Crippen molar-refractivity contribution >= 4 is 0 Å². The van der Waals surface area contributed by atoms with Gasteiger partial charge in [0.1, 0.15) is 0 Å². The standard InChI is InChI=1S/C7H11N3O2/c1-2-9-5-3-7(8-9)4-6-10(11)12/h3,5H,2,4,6H2,1H3. The topological polar surface area (TPSA) is 61.0 Å². The molecule has 5 heteroatoms. The lowest BCUT2D eigenvalue weighted by Crippen LogP contribution is -2.05. The van der Waals surface area contributed by atoms with Gasteiger partial charge in [0.2, 0.25) is 6.54 Å². The molecular formula is C7H11N3O2. The number of hydrogen-bond acceptors (Lipinski definition) is 3. The van der Waals surface area contributed by atoms with Gasteiger partial charge in [-0.3, -0.25) is 14.8 Å². The van der Waals surface area contributed by atoms with Crippen LogP contribution in [-0.4, -0.2) is 21.2 Å².